The number of hydrogen-bond donors (Lipinski definition) is 1. The van der Waals surface area contributed by atoms with Crippen molar-refractivity contribution in [3.8, 4) is 11.4 Å². The molecule has 1 aromatic heterocycles. The number of aromatic nitrogens is 4. The standard InChI is InChI=1S/C15H20FN5/c1-15(2)7-3-4-11(9-15)21-14(18-19-20-21)10-5-6-13(17)12(16)8-10/h5-6,8,11H,3-4,7,9,17H2,1-2H3. The summed E-state index contributed by atoms with van der Waals surface area (Å²) >= 11 is 0. The Morgan fingerprint density at radius 3 is 2.90 bits per heavy atom. The number of nitrogen functional groups attached to an aromatic ring is 1. The van der Waals surface area contributed by atoms with Gasteiger partial charge in [0.2, 0.25) is 0 Å². The molecule has 6 heteroatoms. The molecule has 0 saturated heterocycles. The molecule has 1 aliphatic carbocycles. The fraction of sp³-hybridized carbons (Fsp3) is 0.533. The summed E-state index contributed by atoms with van der Waals surface area (Å²) in [6, 6.07) is 4.97. The molecular formula is C15H20FN5. The number of benzene rings is 1. The summed E-state index contributed by atoms with van der Waals surface area (Å²) in [6.45, 7) is 4.54. The zero-order valence-corrected chi connectivity index (χ0v) is 12.4. The first-order valence-electron chi connectivity index (χ1n) is 7.29. The third kappa shape index (κ3) is 2.75. The summed E-state index contributed by atoms with van der Waals surface area (Å²) in [5.41, 5.74) is 6.61. The molecule has 1 aromatic carbocycles. The zero-order valence-electron chi connectivity index (χ0n) is 12.4. The second-order valence-electron chi connectivity index (χ2n) is 6.60. The van der Waals surface area contributed by atoms with Gasteiger partial charge in [0, 0.05) is 5.56 Å². The Labute approximate surface area is 123 Å². The van der Waals surface area contributed by atoms with Crippen LogP contribution in [0.15, 0.2) is 18.2 Å². The highest BCUT2D eigenvalue weighted by Gasteiger charge is 2.31. The largest absolute Gasteiger partial charge is 0.396 e. The van der Waals surface area contributed by atoms with Crippen molar-refractivity contribution in [2.45, 2.75) is 45.6 Å². The van der Waals surface area contributed by atoms with Crippen LogP contribution >= 0.6 is 0 Å². The van der Waals surface area contributed by atoms with E-state index < -0.39 is 5.82 Å². The van der Waals surface area contributed by atoms with Crippen LogP contribution in [0.25, 0.3) is 11.4 Å². The van der Waals surface area contributed by atoms with Gasteiger partial charge in [-0.3, -0.25) is 0 Å². The first kappa shape index (κ1) is 14.0. The lowest BCUT2D eigenvalue weighted by molar-refractivity contribution is 0.174. The predicted octanol–water partition coefficient (Wildman–Crippen LogP) is 3.20. The maximum absolute atomic E-state index is 13.7. The molecule has 0 spiro atoms. The van der Waals surface area contributed by atoms with Crippen LogP contribution in [0.5, 0.6) is 0 Å². The van der Waals surface area contributed by atoms with E-state index in [1.54, 1.807) is 12.1 Å². The minimum Gasteiger partial charge on any atom is -0.396 e. The SMILES string of the molecule is CC1(C)CCCC(n2nnnc2-c2ccc(N)c(F)c2)C1. The molecular weight excluding hydrogens is 269 g/mol. The van der Waals surface area contributed by atoms with E-state index in [4.69, 9.17) is 5.73 Å². The van der Waals surface area contributed by atoms with Gasteiger partial charge in [-0.2, -0.15) is 0 Å². The molecule has 1 unspecified atom stereocenters. The number of tetrazole rings is 1. The zero-order chi connectivity index (χ0) is 15.0. The van der Waals surface area contributed by atoms with E-state index in [9.17, 15) is 4.39 Å². The molecule has 1 saturated carbocycles. The molecule has 5 nitrogen and oxygen atoms in total. The van der Waals surface area contributed by atoms with Crippen LogP contribution in [0.4, 0.5) is 10.1 Å². The third-order valence-corrected chi connectivity index (χ3v) is 4.28. The Balaban J connectivity index is 1.95. The second kappa shape index (κ2) is 5.09. The number of halogens is 1. The molecule has 2 aromatic rings. The van der Waals surface area contributed by atoms with Crippen molar-refractivity contribution in [2.24, 2.45) is 5.41 Å². The van der Waals surface area contributed by atoms with Crippen LogP contribution in [-0.4, -0.2) is 20.2 Å². The highest BCUT2D eigenvalue weighted by Crippen LogP contribution is 2.41. The lowest BCUT2D eigenvalue weighted by Crippen LogP contribution is -2.26. The maximum Gasteiger partial charge on any atom is 0.182 e. The number of hydrogen-bond acceptors (Lipinski definition) is 4. The van der Waals surface area contributed by atoms with Crippen molar-refractivity contribution in [3.05, 3.63) is 24.0 Å². The van der Waals surface area contributed by atoms with Crippen LogP contribution in [0, 0.1) is 11.2 Å². The van der Waals surface area contributed by atoms with Crippen LogP contribution in [0.2, 0.25) is 0 Å². The molecule has 2 N–H and O–H groups in total. The van der Waals surface area contributed by atoms with Crippen molar-refractivity contribution in [1.82, 2.24) is 20.2 Å². The first-order valence-corrected chi connectivity index (χ1v) is 7.29. The fourth-order valence-electron chi connectivity index (χ4n) is 3.16. The van der Waals surface area contributed by atoms with Crippen LogP contribution in [0.1, 0.15) is 45.6 Å². The Bertz CT molecular complexity index is 649. The molecule has 112 valence electrons. The quantitative estimate of drug-likeness (QED) is 0.862. The predicted molar refractivity (Wildman–Crippen MR) is 78.9 cm³/mol. The molecule has 1 aliphatic rings. The van der Waals surface area contributed by atoms with E-state index in [0.717, 1.165) is 19.3 Å². The molecule has 0 aliphatic heterocycles. The molecule has 1 fully saturated rings. The van der Waals surface area contributed by atoms with E-state index in [-0.39, 0.29) is 11.7 Å². The van der Waals surface area contributed by atoms with E-state index in [1.807, 2.05) is 4.68 Å². The minimum absolute atomic E-state index is 0.136. The van der Waals surface area contributed by atoms with E-state index in [2.05, 4.69) is 29.4 Å². The van der Waals surface area contributed by atoms with Crippen molar-refractivity contribution in [3.63, 3.8) is 0 Å². The van der Waals surface area contributed by atoms with Gasteiger partial charge < -0.3 is 5.73 Å². The van der Waals surface area contributed by atoms with Crippen LogP contribution in [-0.2, 0) is 0 Å². The van der Waals surface area contributed by atoms with Crippen LogP contribution < -0.4 is 5.73 Å². The van der Waals surface area contributed by atoms with Gasteiger partial charge >= 0.3 is 0 Å². The topological polar surface area (TPSA) is 69.6 Å². The first-order chi connectivity index (χ1) is 9.96. The van der Waals surface area contributed by atoms with Gasteiger partial charge in [0.1, 0.15) is 5.82 Å². The molecule has 1 heterocycles. The number of nitrogens with zero attached hydrogens (tertiary/aromatic N) is 4. The number of rotatable bonds is 2. The average molecular weight is 289 g/mol. The normalized spacial score (nSPS) is 21.4. The van der Waals surface area contributed by atoms with Gasteiger partial charge in [-0.05, 0) is 53.3 Å². The van der Waals surface area contributed by atoms with E-state index in [0.29, 0.717) is 16.8 Å². The number of anilines is 1. The van der Waals surface area contributed by atoms with Gasteiger partial charge in [-0.1, -0.05) is 20.3 Å². The monoisotopic (exact) mass is 289 g/mol. The number of nitrogens with two attached hydrogens (primary N) is 1. The van der Waals surface area contributed by atoms with Gasteiger partial charge in [0.15, 0.2) is 5.82 Å². The molecule has 0 radical (unpaired) electrons. The van der Waals surface area contributed by atoms with Crippen molar-refractivity contribution in [1.29, 1.82) is 0 Å². The third-order valence-electron chi connectivity index (χ3n) is 4.28. The van der Waals surface area contributed by atoms with Gasteiger partial charge in [0.25, 0.3) is 0 Å². The second-order valence-corrected chi connectivity index (χ2v) is 6.60. The summed E-state index contributed by atoms with van der Waals surface area (Å²) in [5, 5.41) is 12.0. The smallest absolute Gasteiger partial charge is 0.182 e. The Morgan fingerprint density at radius 1 is 1.38 bits per heavy atom. The highest BCUT2D eigenvalue weighted by molar-refractivity contribution is 5.59. The minimum atomic E-state index is -0.439. The van der Waals surface area contributed by atoms with Crippen molar-refractivity contribution in [2.75, 3.05) is 5.73 Å². The average Bonchev–Trinajstić information content (AvgIpc) is 2.90. The summed E-state index contributed by atoms with van der Waals surface area (Å²) in [7, 11) is 0. The fourth-order valence-corrected chi connectivity index (χ4v) is 3.16. The van der Waals surface area contributed by atoms with E-state index >= 15 is 0 Å². The summed E-state index contributed by atoms with van der Waals surface area (Å²) < 4.78 is 15.5. The van der Waals surface area contributed by atoms with Gasteiger partial charge in [-0.15, -0.1) is 5.10 Å². The molecule has 1 atom stereocenters. The van der Waals surface area contributed by atoms with Crippen LogP contribution in [0.3, 0.4) is 0 Å². The summed E-state index contributed by atoms with van der Waals surface area (Å²) in [5.74, 6) is 0.169. The lowest BCUT2D eigenvalue weighted by Gasteiger charge is -2.35. The molecule has 3 rings (SSSR count). The Hall–Kier alpha value is -1.98. The lowest BCUT2D eigenvalue weighted by atomic mass is 9.75. The molecule has 0 bridgehead atoms. The molecule has 21 heavy (non-hydrogen) atoms. The summed E-state index contributed by atoms with van der Waals surface area (Å²) in [4.78, 5) is 0. The Morgan fingerprint density at radius 2 is 2.19 bits per heavy atom. The summed E-state index contributed by atoms with van der Waals surface area (Å²) in [6.07, 6.45) is 4.46. The molecule has 0 amide bonds. The van der Waals surface area contributed by atoms with Gasteiger partial charge in [0.05, 0.1) is 11.7 Å². The van der Waals surface area contributed by atoms with Crippen molar-refractivity contribution >= 4 is 5.69 Å². The van der Waals surface area contributed by atoms with E-state index in [1.165, 1.54) is 12.5 Å². The van der Waals surface area contributed by atoms with Crippen molar-refractivity contribution < 1.29 is 4.39 Å². The van der Waals surface area contributed by atoms with Gasteiger partial charge in [-0.25, -0.2) is 9.07 Å². The maximum atomic E-state index is 13.7. The highest BCUT2D eigenvalue weighted by atomic mass is 19.1. The Kier molecular flexibility index (Phi) is 3.39.